The summed E-state index contributed by atoms with van der Waals surface area (Å²) in [6, 6.07) is 16.0. The van der Waals surface area contributed by atoms with Gasteiger partial charge in [0.2, 0.25) is 5.91 Å². The number of carbonyl (C=O) groups is 1. The van der Waals surface area contributed by atoms with Gasteiger partial charge in [-0.3, -0.25) is 4.79 Å². The van der Waals surface area contributed by atoms with Gasteiger partial charge in [0.05, 0.1) is 6.61 Å². The molecule has 3 heteroatoms. The van der Waals surface area contributed by atoms with Crippen LogP contribution in [0.15, 0.2) is 55.1 Å². The Hall–Kier alpha value is -2.55. The highest BCUT2D eigenvalue weighted by atomic mass is 16.5. The molecule has 0 spiro atoms. The Balaban J connectivity index is 1.81. The SMILES string of the molecule is C=C(CC1(C)COc2ccccc21)c1cccc(NC(C)=O)c1. The maximum absolute atomic E-state index is 11.2. The highest BCUT2D eigenvalue weighted by Gasteiger charge is 2.36. The number of carbonyl (C=O) groups excluding carboxylic acids is 1. The van der Waals surface area contributed by atoms with E-state index in [-0.39, 0.29) is 11.3 Å². The second-order valence-corrected chi connectivity index (χ2v) is 6.39. The normalized spacial score (nSPS) is 18.9. The minimum atomic E-state index is -0.0717. The van der Waals surface area contributed by atoms with Gasteiger partial charge in [-0.05, 0) is 35.8 Å². The van der Waals surface area contributed by atoms with Crippen molar-refractivity contribution in [3.05, 3.63) is 66.2 Å². The molecule has 118 valence electrons. The van der Waals surface area contributed by atoms with Crippen LogP contribution in [-0.4, -0.2) is 12.5 Å². The molecule has 1 amide bonds. The molecule has 1 aliphatic heterocycles. The van der Waals surface area contributed by atoms with E-state index in [0.717, 1.165) is 29.0 Å². The van der Waals surface area contributed by atoms with E-state index in [1.807, 2.05) is 42.5 Å². The predicted molar refractivity (Wildman–Crippen MR) is 93.7 cm³/mol. The second kappa shape index (κ2) is 5.92. The van der Waals surface area contributed by atoms with Gasteiger partial charge in [-0.1, -0.05) is 43.8 Å². The van der Waals surface area contributed by atoms with E-state index in [0.29, 0.717) is 6.61 Å². The lowest BCUT2D eigenvalue weighted by Crippen LogP contribution is -2.24. The highest BCUT2D eigenvalue weighted by molar-refractivity contribution is 5.89. The molecular formula is C20H21NO2. The van der Waals surface area contributed by atoms with Gasteiger partial charge in [-0.2, -0.15) is 0 Å². The molecule has 2 aromatic carbocycles. The van der Waals surface area contributed by atoms with E-state index in [1.54, 1.807) is 0 Å². The zero-order chi connectivity index (χ0) is 16.4. The van der Waals surface area contributed by atoms with Gasteiger partial charge in [0.25, 0.3) is 0 Å². The summed E-state index contributed by atoms with van der Waals surface area (Å²) in [6.45, 7) is 8.64. The standard InChI is InChI=1S/C20H21NO2/c1-14(16-7-6-8-17(11-16)21-15(2)22)12-20(3)13-23-19-10-5-4-9-18(19)20/h4-11H,1,12-13H2,2-3H3,(H,21,22). The minimum absolute atomic E-state index is 0.0714. The number of benzene rings is 2. The Morgan fingerprint density at radius 3 is 2.83 bits per heavy atom. The van der Waals surface area contributed by atoms with E-state index in [9.17, 15) is 4.79 Å². The number of allylic oxidation sites excluding steroid dienone is 1. The first kappa shape index (κ1) is 15.3. The maximum Gasteiger partial charge on any atom is 0.221 e. The van der Waals surface area contributed by atoms with Crippen molar-refractivity contribution in [3.8, 4) is 5.75 Å². The van der Waals surface area contributed by atoms with E-state index in [4.69, 9.17) is 4.74 Å². The molecule has 1 unspecified atom stereocenters. The minimum Gasteiger partial charge on any atom is -0.492 e. The third-order valence-electron chi connectivity index (χ3n) is 4.28. The van der Waals surface area contributed by atoms with E-state index in [1.165, 1.54) is 12.5 Å². The molecule has 1 heterocycles. The molecular weight excluding hydrogens is 286 g/mol. The van der Waals surface area contributed by atoms with Crippen molar-refractivity contribution in [2.45, 2.75) is 25.7 Å². The Bertz CT molecular complexity index is 766. The lowest BCUT2D eigenvalue weighted by molar-refractivity contribution is -0.114. The zero-order valence-corrected chi connectivity index (χ0v) is 13.6. The molecule has 1 atom stereocenters. The van der Waals surface area contributed by atoms with E-state index >= 15 is 0 Å². The highest BCUT2D eigenvalue weighted by Crippen LogP contribution is 2.43. The van der Waals surface area contributed by atoms with Crippen LogP contribution in [0.25, 0.3) is 5.57 Å². The molecule has 0 aromatic heterocycles. The van der Waals surface area contributed by atoms with Crippen molar-refractivity contribution in [2.75, 3.05) is 11.9 Å². The van der Waals surface area contributed by atoms with Crippen molar-refractivity contribution in [1.82, 2.24) is 0 Å². The van der Waals surface area contributed by atoms with Crippen molar-refractivity contribution < 1.29 is 9.53 Å². The zero-order valence-electron chi connectivity index (χ0n) is 13.6. The molecule has 0 bridgehead atoms. The molecule has 3 nitrogen and oxygen atoms in total. The summed E-state index contributed by atoms with van der Waals surface area (Å²) in [5, 5.41) is 2.81. The molecule has 0 fully saturated rings. The largest absolute Gasteiger partial charge is 0.492 e. The van der Waals surface area contributed by atoms with Crippen molar-refractivity contribution in [1.29, 1.82) is 0 Å². The summed E-state index contributed by atoms with van der Waals surface area (Å²) in [6.07, 6.45) is 0.813. The van der Waals surface area contributed by atoms with Crippen molar-refractivity contribution in [3.63, 3.8) is 0 Å². The quantitative estimate of drug-likeness (QED) is 0.909. The number of rotatable bonds is 4. The van der Waals surface area contributed by atoms with Gasteiger partial charge < -0.3 is 10.1 Å². The Kier molecular flexibility index (Phi) is 3.95. The second-order valence-electron chi connectivity index (χ2n) is 6.39. The number of hydrogen-bond acceptors (Lipinski definition) is 2. The first-order valence-corrected chi connectivity index (χ1v) is 7.76. The average Bonchev–Trinajstić information content (AvgIpc) is 2.85. The average molecular weight is 307 g/mol. The molecule has 0 saturated heterocycles. The Labute approximate surface area is 137 Å². The number of hydrogen-bond donors (Lipinski definition) is 1. The molecule has 0 radical (unpaired) electrons. The van der Waals surface area contributed by atoms with Gasteiger partial charge in [0, 0.05) is 23.6 Å². The smallest absolute Gasteiger partial charge is 0.221 e. The van der Waals surface area contributed by atoms with Crippen molar-refractivity contribution >= 4 is 17.2 Å². The van der Waals surface area contributed by atoms with E-state index < -0.39 is 0 Å². The van der Waals surface area contributed by atoms with Crippen LogP contribution >= 0.6 is 0 Å². The Morgan fingerprint density at radius 2 is 2.04 bits per heavy atom. The van der Waals surface area contributed by atoms with Crippen LogP contribution in [0, 0.1) is 0 Å². The summed E-state index contributed by atoms with van der Waals surface area (Å²) in [7, 11) is 0. The van der Waals surface area contributed by atoms with Crippen LogP contribution in [-0.2, 0) is 10.2 Å². The monoisotopic (exact) mass is 307 g/mol. The number of amides is 1. The maximum atomic E-state index is 11.2. The summed E-state index contributed by atoms with van der Waals surface area (Å²) in [4.78, 5) is 11.2. The first-order chi connectivity index (χ1) is 11.0. The summed E-state index contributed by atoms with van der Waals surface area (Å²) in [5.41, 5.74) is 4.04. The molecule has 1 aliphatic rings. The van der Waals surface area contributed by atoms with Gasteiger partial charge in [-0.15, -0.1) is 0 Å². The van der Waals surface area contributed by atoms with Gasteiger partial charge in [-0.25, -0.2) is 0 Å². The molecule has 1 N–H and O–H groups in total. The molecule has 23 heavy (non-hydrogen) atoms. The van der Waals surface area contributed by atoms with Crippen LogP contribution in [0.4, 0.5) is 5.69 Å². The number of nitrogens with one attached hydrogen (secondary N) is 1. The molecule has 0 saturated carbocycles. The van der Waals surface area contributed by atoms with Crippen LogP contribution in [0.5, 0.6) is 5.75 Å². The van der Waals surface area contributed by atoms with Crippen molar-refractivity contribution in [2.24, 2.45) is 0 Å². The topological polar surface area (TPSA) is 38.3 Å². The third-order valence-corrected chi connectivity index (χ3v) is 4.28. The summed E-state index contributed by atoms with van der Waals surface area (Å²) < 4.78 is 5.83. The number of anilines is 1. The summed E-state index contributed by atoms with van der Waals surface area (Å²) >= 11 is 0. The van der Waals surface area contributed by atoms with Crippen LogP contribution in [0.1, 0.15) is 31.4 Å². The fourth-order valence-electron chi connectivity index (χ4n) is 3.15. The van der Waals surface area contributed by atoms with E-state index in [2.05, 4.69) is 24.9 Å². The van der Waals surface area contributed by atoms with Gasteiger partial charge in [0.1, 0.15) is 5.75 Å². The number of para-hydroxylation sites is 1. The molecule has 3 rings (SSSR count). The fraction of sp³-hybridized carbons (Fsp3) is 0.250. The van der Waals surface area contributed by atoms with Crippen LogP contribution in [0.3, 0.4) is 0 Å². The Morgan fingerprint density at radius 1 is 1.26 bits per heavy atom. The van der Waals surface area contributed by atoms with Crippen LogP contribution < -0.4 is 10.1 Å². The molecule has 0 aliphatic carbocycles. The lowest BCUT2D eigenvalue weighted by atomic mass is 9.78. The van der Waals surface area contributed by atoms with Gasteiger partial charge in [0.15, 0.2) is 0 Å². The number of fused-ring (bicyclic) bond motifs is 1. The molecule has 2 aromatic rings. The van der Waals surface area contributed by atoms with Gasteiger partial charge >= 0.3 is 0 Å². The third kappa shape index (κ3) is 3.14. The first-order valence-electron chi connectivity index (χ1n) is 7.76. The lowest BCUT2D eigenvalue weighted by Gasteiger charge is -2.24. The predicted octanol–water partition coefficient (Wildman–Crippen LogP) is 4.40. The summed E-state index contributed by atoms with van der Waals surface area (Å²) in [5.74, 6) is 0.896. The number of ether oxygens (including phenoxy) is 1. The van der Waals surface area contributed by atoms with Crippen LogP contribution in [0.2, 0.25) is 0 Å². The fourth-order valence-corrected chi connectivity index (χ4v) is 3.15.